The molecule has 1 atom stereocenters. The van der Waals surface area contributed by atoms with E-state index >= 15 is 0 Å². The highest BCUT2D eigenvalue weighted by Crippen LogP contribution is 2.28. The van der Waals surface area contributed by atoms with Crippen LogP contribution in [0.25, 0.3) is 0 Å². The van der Waals surface area contributed by atoms with Crippen molar-refractivity contribution in [1.82, 2.24) is 0 Å². The zero-order valence-corrected chi connectivity index (χ0v) is 10.8. The third-order valence-electron chi connectivity index (χ3n) is 2.95. The summed E-state index contributed by atoms with van der Waals surface area (Å²) in [4.78, 5) is 0. The van der Waals surface area contributed by atoms with Gasteiger partial charge in [-0.25, -0.2) is 13.2 Å². The van der Waals surface area contributed by atoms with E-state index in [1.165, 1.54) is 0 Å². The van der Waals surface area contributed by atoms with Gasteiger partial charge in [0.05, 0.1) is 6.04 Å². The molecule has 0 amide bonds. The van der Waals surface area contributed by atoms with Crippen LogP contribution in [0.15, 0.2) is 30.3 Å². The fourth-order valence-corrected chi connectivity index (χ4v) is 2.07. The molecule has 0 radical (unpaired) electrons. The molecular weight excluding hydrogens is 275 g/mol. The first-order valence-electron chi connectivity index (χ1n) is 5.56. The van der Waals surface area contributed by atoms with Crippen molar-refractivity contribution < 1.29 is 13.2 Å². The highest BCUT2D eigenvalue weighted by atomic mass is 35.5. The minimum Gasteiger partial charge on any atom is -0.320 e. The van der Waals surface area contributed by atoms with Crippen LogP contribution in [0.1, 0.15) is 22.7 Å². The Bertz CT molecular complexity index is 628. The number of nitrogens with two attached hydrogens (primary N) is 1. The third kappa shape index (κ3) is 2.74. The van der Waals surface area contributed by atoms with Gasteiger partial charge in [-0.3, -0.25) is 0 Å². The van der Waals surface area contributed by atoms with Gasteiger partial charge in [-0.2, -0.15) is 0 Å². The lowest BCUT2D eigenvalue weighted by atomic mass is 9.95. The van der Waals surface area contributed by atoms with Gasteiger partial charge in [0, 0.05) is 16.7 Å². The van der Waals surface area contributed by atoms with Gasteiger partial charge in [0.25, 0.3) is 0 Å². The molecule has 0 saturated carbocycles. The van der Waals surface area contributed by atoms with Gasteiger partial charge in [0.15, 0.2) is 11.6 Å². The Labute approximate surface area is 113 Å². The average molecular weight is 286 g/mol. The van der Waals surface area contributed by atoms with Gasteiger partial charge in [-0.1, -0.05) is 17.7 Å². The summed E-state index contributed by atoms with van der Waals surface area (Å²) in [5.74, 6) is -3.26. The minimum atomic E-state index is -1.24. The second kappa shape index (κ2) is 5.23. The monoisotopic (exact) mass is 285 g/mol. The molecule has 2 aromatic carbocycles. The lowest BCUT2D eigenvalue weighted by molar-refractivity contribution is 0.487. The van der Waals surface area contributed by atoms with Gasteiger partial charge in [0.2, 0.25) is 0 Å². The summed E-state index contributed by atoms with van der Waals surface area (Å²) in [6.45, 7) is 1.78. The van der Waals surface area contributed by atoms with Crippen LogP contribution < -0.4 is 5.73 Å². The van der Waals surface area contributed by atoms with E-state index in [0.717, 1.165) is 11.6 Å². The van der Waals surface area contributed by atoms with Crippen molar-refractivity contribution in [2.75, 3.05) is 0 Å². The predicted octanol–water partition coefficient (Wildman–Crippen LogP) is 4.11. The largest absolute Gasteiger partial charge is 0.320 e. The number of aryl methyl sites for hydroxylation is 1. The topological polar surface area (TPSA) is 26.0 Å². The molecule has 19 heavy (non-hydrogen) atoms. The molecule has 0 saturated heterocycles. The van der Waals surface area contributed by atoms with Crippen molar-refractivity contribution in [2.24, 2.45) is 5.73 Å². The quantitative estimate of drug-likeness (QED) is 0.826. The summed E-state index contributed by atoms with van der Waals surface area (Å²) < 4.78 is 39.8. The van der Waals surface area contributed by atoms with Crippen LogP contribution in [0.2, 0.25) is 5.02 Å². The average Bonchev–Trinajstić information content (AvgIpc) is 2.36. The molecule has 100 valence electrons. The van der Waals surface area contributed by atoms with Gasteiger partial charge >= 0.3 is 0 Å². The first-order valence-corrected chi connectivity index (χ1v) is 5.94. The van der Waals surface area contributed by atoms with E-state index in [1.54, 1.807) is 25.1 Å². The number of hydrogen-bond acceptors (Lipinski definition) is 1. The van der Waals surface area contributed by atoms with E-state index in [2.05, 4.69) is 0 Å². The van der Waals surface area contributed by atoms with Crippen molar-refractivity contribution in [2.45, 2.75) is 13.0 Å². The molecule has 0 aliphatic rings. The summed E-state index contributed by atoms with van der Waals surface area (Å²) in [7, 11) is 0. The second-order valence-corrected chi connectivity index (χ2v) is 4.70. The molecule has 0 heterocycles. The maximum Gasteiger partial charge on any atom is 0.161 e. The smallest absolute Gasteiger partial charge is 0.161 e. The maximum absolute atomic E-state index is 13.7. The second-order valence-electron chi connectivity index (χ2n) is 4.27. The number of halogens is 4. The Hall–Kier alpha value is -1.52. The van der Waals surface area contributed by atoms with Crippen LogP contribution in [0.3, 0.4) is 0 Å². The molecule has 2 N–H and O–H groups in total. The predicted molar refractivity (Wildman–Crippen MR) is 68.5 cm³/mol. The number of rotatable bonds is 2. The molecule has 0 spiro atoms. The fraction of sp³-hybridized carbons (Fsp3) is 0.143. The lowest BCUT2D eigenvalue weighted by Gasteiger charge is -2.16. The summed E-state index contributed by atoms with van der Waals surface area (Å²) in [5.41, 5.74) is 7.17. The normalized spacial score (nSPS) is 12.5. The Morgan fingerprint density at radius 2 is 1.58 bits per heavy atom. The van der Waals surface area contributed by atoms with Crippen LogP contribution in [0.4, 0.5) is 13.2 Å². The highest BCUT2D eigenvalue weighted by molar-refractivity contribution is 6.30. The zero-order chi connectivity index (χ0) is 14.2. The summed E-state index contributed by atoms with van der Waals surface area (Å²) >= 11 is 5.86. The first-order chi connectivity index (χ1) is 8.90. The maximum atomic E-state index is 13.7. The molecule has 5 heteroatoms. The van der Waals surface area contributed by atoms with E-state index in [-0.39, 0.29) is 5.56 Å². The molecule has 0 aromatic heterocycles. The van der Waals surface area contributed by atoms with Crippen LogP contribution >= 0.6 is 11.6 Å². The van der Waals surface area contributed by atoms with E-state index in [4.69, 9.17) is 17.3 Å². The van der Waals surface area contributed by atoms with E-state index in [9.17, 15) is 13.2 Å². The summed E-state index contributed by atoms with van der Waals surface area (Å²) in [5, 5.41) is 0.444. The standard InChI is InChI=1S/C14H11ClF3N/c1-7-2-3-8(15)4-9(7)14(19)10-5-12(17)13(18)6-11(10)16/h2-6,14H,19H2,1H3. The first kappa shape index (κ1) is 13.9. The van der Waals surface area contributed by atoms with Crippen LogP contribution in [-0.2, 0) is 0 Å². The molecule has 0 aliphatic carbocycles. The molecule has 0 fully saturated rings. The SMILES string of the molecule is Cc1ccc(Cl)cc1C(N)c1cc(F)c(F)cc1F. The molecule has 2 aromatic rings. The van der Waals surface area contributed by atoms with Crippen LogP contribution in [0, 0.1) is 24.4 Å². The Morgan fingerprint density at radius 3 is 2.26 bits per heavy atom. The van der Waals surface area contributed by atoms with Gasteiger partial charge in [0.1, 0.15) is 5.82 Å². The van der Waals surface area contributed by atoms with Crippen LogP contribution in [-0.4, -0.2) is 0 Å². The summed E-state index contributed by atoms with van der Waals surface area (Å²) in [6, 6.07) is 5.35. The molecule has 2 rings (SSSR count). The number of benzene rings is 2. The lowest BCUT2D eigenvalue weighted by Crippen LogP contribution is -2.15. The van der Waals surface area contributed by atoms with Crippen molar-refractivity contribution in [3.8, 4) is 0 Å². The molecule has 1 unspecified atom stereocenters. The number of hydrogen-bond donors (Lipinski definition) is 1. The van der Waals surface area contributed by atoms with Gasteiger partial charge in [-0.05, 0) is 36.2 Å². The van der Waals surface area contributed by atoms with E-state index in [0.29, 0.717) is 16.7 Å². The molecule has 1 nitrogen and oxygen atoms in total. The van der Waals surface area contributed by atoms with Crippen LogP contribution in [0.5, 0.6) is 0 Å². The minimum absolute atomic E-state index is 0.107. The Morgan fingerprint density at radius 1 is 0.947 bits per heavy atom. The highest BCUT2D eigenvalue weighted by Gasteiger charge is 2.19. The van der Waals surface area contributed by atoms with Gasteiger partial charge in [-0.15, -0.1) is 0 Å². The van der Waals surface area contributed by atoms with Crippen molar-refractivity contribution in [3.63, 3.8) is 0 Å². The van der Waals surface area contributed by atoms with Crippen molar-refractivity contribution in [1.29, 1.82) is 0 Å². The Balaban J connectivity index is 2.52. The fourth-order valence-electron chi connectivity index (χ4n) is 1.89. The zero-order valence-electron chi connectivity index (χ0n) is 10.1. The van der Waals surface area contributed by atoms with Crippen molar-refractivity contribution >= 4 is 11.6 Å². The summed E-state index contributed by atoms with van der Waals surface area (Å²) in [6.07, 6.45) is 0. The third-order valence-corrected chi connectivity index (χ3v) is 3.19. The molecule has 0 aliphatic heterocycles. The Kier molecular flexibility index (Phi) is 3.83. The van der Waals surface area contributed by atoms with E-state index in [1.807, 2.05) is 0 Å². The van der Waals surface area contributed by atoms with Crippen molar-refractivity contribution in [3.05, 3.63) is 69.5 Å². The molecule has 0 bridgehead atoms. The van der Waals surface area contributed by atoms with E-state index < -0.39 is 23.5 Å². The van der Waals surface area contributed by atoms with Gasteiger partial charge < -0.3 is 5.73 Å². The molecular formula is C14H11ClF3N.